The molecule has 5 nitrogen and oxygen atoms in total. The smallest absolute Gasteiger partial charge is 0.239 e. The van der Waals surface area contributed by atoms with Gasteiger partial charge in [-0.2, -0.15) is 0 Å². The summed E-state index contributed by atoms with van der Waals surface area (Å²) in [6.07, 6.45) is 2.57. The van der Waals surface area contributed by atoms with Crippen molar-refractivity contribution in [2.45, 2.75) is 20.3 Å². The minimum Gasteiger partial charge on any atom is -0.355 e. The van der Waals surface area contributed by atoms with Gasteiger partial charge in [-0.1, -0.05) is 6.92 Å². The Morgan fingerprint density at radius 3 is 2.94 bits per heavy atom. The SMILES string of the molecule is CCCNC(=O)CN(C)c1nc(Cl)ncc1C. The summed E-state index contributed by atoms with van der Waals surface area (Å²) in [6.45, 7) is 4.84. The average molecular weight is 257 g/mol. The standard InChI is InChI=1S/C11H17ClN4O/c1-4-5-13-9(17)7-16(3)10-8(2)6-14-11(12)15-10/h6H,4-5,7H2,1-3H3,(H,13,17). The van der Waals surface area contributed by atoms with Crippen LogP contribution in [0.25, 0.3) is 0 Å². The molecule has 1 N–H and O–H groups in total. The summed E-state index contributed by atoms with van der Waals surface area (Å²) in [5.41, 5.74) is 0.889. The molecule has 1 heterocycles. The molecule has 17 heavy (non-hydrogen) atoms. The highest BCUT2D eigenvalue weighted by Crippen LogP contribution is 2.16. The lowest BCUT2D eigenvalue weighted by Gasteiger charge is -2.19. The second-order valence-corrected chi connectivity index (χ2v) is 4.19. The van der Waals surface area contributed by atoms with Gasteiger partial charge in [0.25, 0.3) is 0 Å². The van der Waals surface area contributed by atoms with Crippen LogP contribution in [-0.4, -0.2) is 36.0 Å². The van der Waals surface area contributed by atoms with Crippen molar-refractivity contribution in [3.05, 3.63) is 17.0 Å². The van der Waals surface area contributed by atoms with Gasteiger partial charge in [0.1, 0.15) is 5.82 Å². The van der Waals surface area contributed by atoms with Crippen molar-refractivity contribution >= 4 is 23.3 Å². The van der Waals surface area contributed by atoms with Gasteiger partial charge in [-0.05, 0) is 24.9 Å². The van der Waals surface area contributed by atoms with E-state index in [0.717, 1.165) is 12.0 Å². The van der Waals surface area contributed by atoms with Crippen LogP contribution in [-0.2, 0) is 4.79 Å². The molecule has 94 valence electrons. The maximum absolute atomic E-state index is 11.6. The third kappa shape index (κ3) is 4.19. The van der Waals surface area contributed by atoms with Crippen LogP contribution in [0.1, 0.15) is 18.9 Å². The van der Waals surface area contributed by atoms with Crippen molar-refractivity contribution < 1.29 is 4.79 Å². The Morgan fingerprint density at radius 1 is 1.59 bits per heavy atom. The third-order valence-electron chi connectivity index (χ3n) is 2.23. The Bertz CT molecular complexity index is 397. The highest BCUT2D eigenvalue weighted by atomic mass is 35.5. The molecule has 0 saturated carbocycles. The second-order valence-electron chi connectivity index (χ2n) is 3.85. The van der Waals surface area contributed by atoms with Gasteiger partial charge in [-0.3, -0.25) is 4.79 Å². The van der Waals surface area contributed by atoms with E-state index < -0.39 is 0 Å². The van der Waals surface area contributed by atoms with Crippen molar-refractivity contribution in [3.63, 3.8) is 0 Å². The van der Waals surface area contributed by atoms with Gasteiger partial charge in [-0.15, -0.1) is 0 Å². The number of nitrogens with one attached hydrogen (secondary N) is 1. The summed E-state index contributed by atoms with van der Waals surface area (Å²) in [4.78, 5) is 21.3. The van der Waals surface area contributed by atoms with Crippen molar-refractivity contribution in [1.29, 1.82) is 0 Å². The maximum Gasteiger partial charge on any atom is 0.239 e. The third-order valence-corrected chi connectivity index (χ3v) is 2.41. The molecule has 1 aromatic heterocycles. The molecule has 0 aliphatic heterocycles. The number of carbonyl (C=O) groups excluding carboxylic acids is 1. The number of amides is 1. The molecule has 0 bridgehead atoms. The second kappa shape index (κ2) is 6.39. The molecule has 0 saturated heterocycles. The number of anilines is 1. The molecule has 0 aliphatic rings. The quantitative estimate of drug-likeness (QED) is 0.809. The van der Waals surface area contributed by atoms with Crippen LogP contribution in [0.4, 0.5) is 5.82 Å². The number of hydrogen-bond acceptors (Lipinski definition) is 4. The summed E-state index contributed by atoms with van der Waals surface area (Å²) in [5, 5.41) is 3.00. The van der Waals surface area contributed by atoms with Crippen molar-refractivity contribution in [3.8, 4) is 0 Å². The fourth-order valence-corrected chi connectivity index (χ4v) is 1.54. The topological polar surface area (TPSA) is 58.1 Å². The number of halogens is 1. The lowest BCUT2D eigenvalue weighted by atomic mass is 10.3. The molecular weight excluding hydrogens is 240 g/mol. The summed E-state index contributed by atoms with van der Waals surface area (Å²) in [7, 11) is 1.80. The zero-order chi connectivity index (χ0) is 12.8. The van der Waals surface area contributed by atoms with E-state index in [1.165, 1.54) is 0 Å². The number of likely N-dealkylation sites (N-methyl/N-ethyl adjacent to an activating group) is 1. The van der Waals surface area contributed by atoms with E-state index in [2.05, 4.69) is 15.3 Å². The van der Waals surface area contributed by atoms with Crippen molar-refractivity contribution in [1.82, 2.24) is 15.3 Å². The monoisotopic (exact) mass is 256 g/mol. The van der Waals surface area contributed by atoms with Crippen LogP contribution in [0, 0.1) is 6.92 Å². The van der Waals surface area contributed by atoms with Gasteiger partial charge in [0.05, 0.1) is 6.54 Å². The summed E-state index contributed by atoms with van der Waals surface area (Å²) < 4.78 is 0. The Morgan fingerprint density at radius 2 is 2.29 bits per heavy atom. The van der Waals surface area contributed by atoms with E-state index in [1.54, 1.807) is 18.1 Å². The average Bonchev–Trinajstić information content (AvgIpc) is 2.29. The number of rotatable bonds is 5. The molecule has 1 aromatic rings. The number of hydrogen-bond donors (Lipinski definition) is 1. The van der Waals surface area contributed by atoms with Crippen LogP contribution in [0.2, 0.25) is 5.28 Å². The van der Waals surface area contributed by atoms with Crippen LogP contribution in [0.15, 0.2) is 6.20 Å². The zero-order valence-corrected chi connectivity index (χ0v) is 11.1. The minimum absolute atomic E-state index is 0.0246. The summed E-state index contributed by atoms with van der Waals surface area (Å²) in [6, 6.07) is 0. The number of nitrogens with zero attached hydrogens (tertiary/aromatic N) is 3. The summed E-state index contributed by atoms with van der Waals surface area (Å²) in [5.74, 6) is 0.653. The van der Waals surface area contributed by atoms with Gasteiger partial charge >= 0.3 is 0 Å². The van der Waals surface area contributed by atoms with Crippen LogP contribution in [0.3, 0.4) is 0 Å². The molecule has 0 aliphatic carbocycles. The Balaban J connectivity index is 2.66. The molecular formula is C11H17ClN4O. The normalized spacial score (nSPS) is 10.1. The van der Waals surface area contributed by atoms with Crippen LogP contribution >= 0.6 is 11.6 Å². The molecule has 0 radical (unpaired) electrons. The van der Waals surface area contributed by atoms with Gasteiger partial charge < -0.3 is 10.2 Å². The van der Waals surface area contributed by atoms with Crippen molar-refractivity contribution in [2.75, 3.05) is 25.0 Å². The van der Waals surface area contributed by atoms with Crippen LogP contribution in [0.5, 0.6) is 0 Å². The summed E-state index contributed by atoms with van der Waals surface area (Å²) >= 11 is 5.73. The van der Waals surface area contributed by atoms with Gasteiger partial charge in [0, 0.05) is 25.4 Å². The van der Waals surface area contributed by atoms with E-state index in [4.69, 9.17) is 11.6 Å². The van der Waals surface area contributed by atoms with E-state index in [0.29, 0.717) is 12.4 Å². The Hall–Kier alpha value is -1.36. The first-order valence-corrected chi connectivity index (χ1v) is 5.89. The first-order valence-electron chi connectivity index (χ1n) is 5.51. The fraction of sp³-hybridized carbons (Fsp3) is 0.545. The first-order chi connectivity index (χ1) is 8.04. The van der Waals surface area contributed by atoms with Gasteiger partial charge in [0.15, 0.2) is 0 Å². The fourth-order valence-electron chi connectivity index (χ4n) is 1.41. The molecule has 1 rings (SSSR count). The molecule has 0 aromatic carbocycles. The lowest BCUT2D eigenvalue weighted by Crippen LogP contribution is -2.36. The van der Waals surface area contributed by atoms with Crippen molar-refractivity contribution in [2.24, 2.45) is 0 Å². The van der Waals surface area contributed by atoms with Crippen LogP contribution < -0.4 is 10.2 Å². The van der Waals surface area contributed by atoms with E-state index in [1.807, 2.05) is 13.8 Å². The number of aromatic nitrogens is 2. The molecule has 0 unspecified atom stereocenters. The number of carbonyl (C=O) groups is 1. The Kier molecular flexibility index (Phi) is 5.15. The zero-order valence-electron chi connectivity index (χ0n) is 10.3. The molecule has 0 fully saturated rings. The van der Waals surface area contributed by atoms with Gasteiger partial charge in [-0.25, -0.2) is 9.97 Å². The lowest BCUT2D eigenvalue weighted by molar-refractivity contribution is -0.119. The predicted molar refractivity (Wildman–Crippen MR) is 68.3 cm³/mol. The minimum atomic E-state index is -0.0246. The van der Waals surface area contributed by atoms with Gasteiger partial charge in [0.2, 0.25) is 11.2 Å². The highest BCUT2D eigenvalue weighted by Gasteiger charge is 2.11. The van der Waals surface area contributed by atoms with E-state index >= 15 is 0 Å². The molecule has 1 amide bonds. The maximum atomic E-state index is 11.6. The highest BCUT2D eigenvalue weighted by molar-refractivity contribution is 6.28. The van der Waals surface area contributed by atoms with E-state index in [9.17, 15) is 4.79 Å². The largest absolute Gasteiger partial charge is 0.355 e. The number of aryl methyl sites for hydroxylation is 1. The Labute approximate surface area is 106 Å². The molecule has 6 heteroatoms. The molecule has 0 spiro atoms. The molecule has 0 atom stereocenters. The first kappa shape index (κ1) is 13.7. The van der Waals surface area contributed by atoms with E-state index in [-0.39, 0.29) is 17.7 Å². The predicted octanol–water partition coefficient (Wildman–Crippen LogP) is 1.40.